The van der Waals surface area contributed by atoms with Gasteiger partial charge in [0.05, 0.1) is 0 Å². The minimum Gasteiger partial charge on any atom is -0.462 e. The molecule has 0 saturated heterocycles. The van der Waals surface area contributed by atoms with Gasteiger partial charge >= 0.3 is 17.9 Å². The van der Waals surface area contributed by atoms with E-state index in [1.807, 2.05) is 66.8 Å². The van der Waals surface area contributed by atoms with E-state index >= 15 is 0 Å². The Morgan fingerprint density at radius 1 is 0.288 bits per heavy atom. The van der Waals surface area contributed by atoms with Crippen molar-refractivity contribution in [3.63, 3.8) is 0 Å². The van der Waals surface area contributed by atoms with Crippen molar-refractivity contribution in [2.45, 2.75) is 297 Å². The maximum Gasteiger partial charge on any atom is 0.306 e. The van der Waals surface area contributed by atoms with Crippen LogP contribution in [0.1, 0.15) is 290 Å². The summed E-state index contributed by atoms with van der Waals surface area (Å²) in [4.78, 5) is 38.3. The van der Waals surface area contributed by atoms with Crippen LogP contribution in [0.15, 0.2) is 97.2 Å². The fourth-order valence-corrected chi connectivity index (χ4v) is 8.66. The third kappa shape index (κ3) is 59.1. The first kappa shape index (κ1) is 69.3. The van der Waals surface area contributed by atoms with Gasteiger partial charge in [-0.25, -0.2) is 0 Å². The van der Waals surface area contributed by atoms with E-state index in [0.29, 0.717) is 19.3 Å². The Morgan fingerprint density at radius 3 is 0.890 bits per heavy atom. The Kier molecular flexibility index (Phi) is 57.8. The molecule has 6 heteroatoms. The lowest BCUT2D eigenvalue weighted by atomic mass is 10.0. The van der Waals surface area contributed by atoms with E-state index in [2.05, 4.69) is 51.2 Å². The number of hydrogen-bond donors (Lipinski definition) is 0. The standard InChI is InChI=1S/C67H114O6/c1-4-7-10-13-16-19-22-25-28-31-33-36-39-42-45-48-51-54-57-60-66(69)72-63-64(62-71-65(68)59-56-53-50-47-44-41-38-35-30-27-24-21-18-15-12-9-6-3)73-67(70)61-58-55-52-49-46-43-40-37-34-32-29-26-23-20-17-14-11-8-5-2/h7,10,13,16,19,22,25,27-28,30-31,33,36,39,42,45,64H,4-6,8-9,11-12,14-15,17-18,20-21,23-24,26,29,32,34-35,37-38,40-41,43-44,46-63H2,1-3H3/b10-7-,16-13-,22-19-,28-25-,30-27-,33-31+,39-36-,45-42-. The zero-order chi connectivity index (χ0) is 52.9. The van der Waals surface area contributed by atoms with Crippen LogP contribution in [0.4, 0.5) is 0 Å². The first-order valence-corrected chi connectivity index (χ1v) is 30.8. The molecule has 0 aliphatic carbocycles. The number of rotatable bonds is 55. The van der Waals surface area contributed by atoms with Crippen LogP contribution in [0.5, 0.6) is 0 Å². The molecular formula is C67H114O6. The number of esters is 3. The topological polar surface area (TPSA) is 78.9 Å². The van der Waals surface area contributed by atoms with E-state index in [4.69, 9.17) is 14.2 Å². The van der Waals surface area contributed by atoms with Crippen molar-refractivity contribution in [2.24, 2.45) is 0 Å². The Labute approximate surface area is 451 Å². The maximum atomic E-state index is 12.9. The van der Waals surface area contributed by atoms with Crippen molar-refractivity contribution in [1.29, 1.82) is 0 Å². The van der Waals surface area contributed by atoms with E-state index in [9.17, 15) is 14.4 Å². The van der Waals surface area contributed by atoms with Crippen molar-refractivity contribution in [3.05, 3.63) is 97.2 Å². The van der Waals surface area contributed by atoms with Gasteiger partial charge in [-0.1, -0.05) is 304 Å². The molecule has 73 heavy (non-hydrogen) atoms. The normalized spacial score (nSPS) is 12.8. The molecule has 0 aliphatic rings. The molecule has 0 amide bonds. The number of carbonyl (C=O) groups excluding carboxylic acids is 3. The van der Waals surface area contributed by atoms with Crippen LogP contribution in [0.2, 0.25) is 0 Å². The maximum absolute atomic E-state index is 12.9. The van der Waals surface area contributed by atoms with Gasteiger partial charge in [-0.2, -0.15) is 0 Å². The number of unbranched alkanes of at least 4 members (excludes halogenated alkanes) is 34. The molecule has 0 fully saturated rings. The first-order chi connectivity index (χ1) is 36.0. The van der Waals surface area contributed by atoms with Gasteiger partial charge in [0.1, 0.15) is 13.2 Å². The Hall–Kier alpha value is -3.67. The molecule has 0 N–H and O–H groups in total. The lowest BCUT2D eigenvalue weighted by Gasteiger charge is -2.18. The zero-order valence-electron chi connectivity index (χ0n) is 47.9. The summed E-state index contributed by atoms with van der Waals surface area (Å²) >= 11 is 0. The highest BCUT2D eigenvalue weighted by atomic mass is 16.6. The van der Waals surface area contributed by atoms with Crippen molar-refractivity contribution >= 4 is 17.9 Å². The van der Waals surface area contributed by atoms with Crippen LogP contribution in [0.3, 0.4) is 0 Å². The first-order valence-electron chi connectivity index (χ1n) is 30.8. The van der Waals surface area contributed by atoms with Crippen LogP contribution >= 0.6 is 0 Å². The quantitative estimate of drug-likeness (QED) is 0.0199. The minimum atomic E-state index is -0.799. The van der Waals surface area contributed by atoms with Gasteiger partial charge in [-0.15, -0.1) is 0 Å². The average Bonchev–Trinajstić information content (AvgIpc) is 3.39. The Bertz CT molecular complexity index is 1440. The van der Waals surface area contributed by atoms with E-state index in [1.54, 1.807) is 0 Å². The lowest BCUT2D eigenvalue weighted by Crippen LogP contribution is -2.30. The number of ether oxygens (including phenoxy) is 3. The molecule has 0 aromatic heterocycles. The van der Waals surface area contributed by atoms with E-state index in [1.165, 1.54) is 180 Å². The van der Waals surface area contributed by atoms with Crippen LogP contribution in [-0.2, 0) is 28.6 Å². The number of carbonyl (C=O) groups is 3. The Morgan fingerprint density at radius 2 is 0.548 bits per heavy atom. The summed E-state index contributed by atoms with van der Waals surface area (Å²) in [7, 11) is 0. The fraction of sp³-hybridized carbons (Fsp3) is 0.716. The molecule has 418 valence electrons. The van der Waals surface area contributed by atoms with Crippen LogP contribution in [-0.4, -0.2) is 37.2 Å². The molecule has 0 aromatic rings. The number of allylic oxidation sites excluding steroid dienone is 16. The summed E-state index contributed by atoms with van der Waals surface area (Å²) in [5, 5.41) is 0. The van der Waals surface area contributed by atoms with Gasteiger partial charge in [0.15, 0.2) is 6.10 Å². The fourth-order valence-electron chi connectivity index (χ4n) is 8.66. The number of hydrogen-bond acceptors (Lipinski definition) is 6. The molecule has 0 spiro atoms. The average molecular weight is 1020 g/mol. The van der Waals surface area contributed by atoms with Crippen molar-refractivity contribution in [2.75, 3.05) is 13.2 Å². The van der Waals surface area contributed by atoms with Crippen LogP contribution in [0, 0.1) is 0 Å². The van der Waals surface area contributed by atoms with Gasteiger partial charge in [-0.3, -0.25) is 14.4 Å². The molecule has 0 radical (unpaired) electrons. The molecule has 6 nitrogen and oxygen atoms in total. The van der Waals surface area contributed by atoms with Gasteiger partial charge < -0.3 is 14.2 Å². The smallest absolute Gasteiger partial charge is 0.306 e. The van der Waals surface area contributed by atoms with Crippen molar-refractivity contribution in [3.8, 4) is 0 Å². The van der Waals surface area contributed by atoms with Gasteiger partial charge in [-0.05, 0) is 64.2 Å². The van der Waals surface area contributed by atoms with Crippen LogP contribution in [0.25, 0.3) is 0 Å². The highest BCUT2D eigenvalue weighted by molar-refractivity contribution is 5.71. The molecule has 0 bridgehead atoms. The summed E-state index contributed by atoms with van der Waals surface area (Å²) in [6.45, 7) is 6.48. The van der Waals surface area contributed by atoms with E-state index in [0.717, 1.165) is 70.6 Å². The highest BCUT2D eigenvalue weighted by Gasteiger charge is 2.19. The molecule has 0 rings (SSSR count). The van der Waals surface area contributed by atoms with Crippen molar-refractivity contribution in [1.82, 2.24) is 0 Å². The SMILES string of the molecule is CC\C=C/C=C\C=C/C=C\C=C\C=C/C=C\CCCCCC(=O)OCC(COC(=O)CCCCCCCCC/C=C\CCCCCCCC)OC(=O)CCCCCCCCCCCCCCCCCCCCC. The third-order valence-corrected chi connectivity index (χ3v) is 13.3. The predicted octanol–water partition coefficient (Wildman–Crippen LogP) is 20.9. The second-order valence-electron chi connectivity index (χ2n) is 20.4. The van der Waals surface area contributed by atoms with Gasteiger partial charge in [0.2, 0.25) is 0 Å². The van der Waals surface area contributed by atoms with E-state index < -0.39 is 6.10 Å². The highest BCUT2D eigenvalue weighted by Crippen LogP contribution is 2.17. The monoisotopic (exact) mass is 1010 g/mol. The Balaban J connectivity index is 4.47. The second kappa shape index (κ2) is 60.9. The summed E-state index contributed by atoms with van der Waals surface area (Å²) in [5.41, 5.74) is 0. The molecule has 0 heterocycles. The molecule has 0 aromatic carbocycles. The second-order valence-corrected chi connectivity index (χ2v) is 20.4. The van der Waals surface area contributed by atoms with Crippen LogP contribution < -0.4 is 0 Å². The van der Waals surface area contributed by atoms with Crippen molar-refractivity contribution < 1.29 is 28.6 Å². The van der Waals surface area contributed by atoms with Gasteiger partial charge in [0.25, 0.3) is 0 Å². The molecule has 0 saturated carbocycles. The molecular weight excluding hydrogens is 901 g/mol. The van der Waals surface area contributed by atoms with Gasteiger partial charge in [0, 0.05) is 19.3 Å². The molecule has 1 unspecified atom stereocenters. The summed E-state index contributed by atoms with van der Waals surface area (Å²) in [5.74, 6) is -0.932. The summed E-state index contributed by atoms with van der Waals surface area (Å²) in [6, 6.07) is 0. The molecule has 1 atom stereocenters. The zero-order valence-corrected chi connectivity index (χ0v) is 47.9. The molecule has 0 aliphatic heterocycles. The predicted molar refractivity (Wildman–Crippen MR) is 316 cm³/mol. The minimum absolute atomic E-state index is 0.0929. The van der Waals surface area contributed by atoms with E-state index in [-0.39, 0.29) is 31.1 Å². The third-order valence-electron chi connectivity index (χ3n) is 13.3. The lowest BCUT2D eigenvalue weighted by molar-refractivity contribution is -0.167. The summed E-state index contributed by atoms with van der Waals surface area (Å²) < 4.78 is 16.9. The summed E-state index contributed by atoms with van der Waals surface area (Å²) in [6.07, 6.45) is 81.1. The largest absolute Gasteiger partial charge is 0.462 e.